The van der Waals surface area contributed by atoms with E-state index in [1.54, 1.807) is 13.0 Å². The number of aromatic nitrogens is 3. The molecule has 0 aliphatic heterocycles. The maximum atomic E-state index is 12.3. The van der Waals surface area contributed by atoms with Crippen LogP contribution in [0.3, 0.4) is 0 Å². The van der Waals surface area contributed by atoms with Crippen molar-refractivity contribution in [2.75, 3.05) is 0 Å². The summed E-state index contributed by atoms with van der Waals surface area (Å²) in [6.07, 6.45) is 0. The molecule has 0 unspecified atom stereocenters. The summed E-state index contributed by atoms with van der Waals surface area (Å²) in [5, 5.41) is 6.48. The summed E-state index contributed by atoms with van der Waals surface area (Å²) >= 11 is 0. The van der Waals surface area contributed by atoms with Crippen molar-refractivity contribution in [1.29, 1.82) is 0 Å². The summed E-state index contributed by atoms with van der Waals surface area (Å²) in [7, 11) is -5.53. The average molecular weight is 265 g/mol. The Balaban J connectivity index is 2.79. The quantitative estimate of drug-likeness (QED) is 0.782. The molecule has 2 rings (SSSR count). The molecule has 9 heteroatoms. The van der Waals surface area contributed by atoms with Crippen LogP contribution in [0.1, 0.15) is 5.56 Å². The SMILES string of the molecule is Cc1cccc2c1nnn2S(=O)(=O)C(F)(F)F. The van der Waals surface area contributed by atoms with E-state index >= 15 is 0 Å². The number of benzene rings is 1. The standard InChI is InChI=1S/C8H6F3N3O2S/c1-5-3-2-4-6-7(5)12-13-14(6)17(15,16)8(9,10)11/h2-4H,1H3. The highest BCUT2D eigenvalue weighted by Gasteiger charge is 2.49. The van der Waals surface area contributed by atoms with Crippen LogP contribution in [0.15, 0.2) is 18.2 Å². The molecular formula is C8H6F3N3O2S. The first-order valence-corrected chi connectivity index (χ1v) is 5.82. The number of alkyl halides is 3. The fourth-order valence-electron chi connectivity index (χ4n) is 1.34. The number of halogens is 3. The lowest BCUT2D eigenvalue weighted by Gasteiger charge is -2.07. The number of aryl methyl sites for hydroxylation is 1. The molecule has 0 aliphatic carbocycles. The van der Waals surface area contributed by atoms with Crippen LogP contribution in [0, 0.1) is 6.92 Å². The summed E-state index contributed by atoms with van der Waals surface area (Å²) in [5.74, 6) is 0. The van der Waals surface area contributed by atoms with Gasteiger partial charge in [0.2, 0.25) is 0 Å². The molecule has 1 aromatic carbocycles. The van der Waals surface area contributed by atoms with Gasteiger partial charge in [-0.2, -0.15) is 21.6 Å². The van der Waals surface area contributed by atoms with Crippen molar-refractivity contribution in [2.24, 2.45) is 0 Å². The van der Waals surface area contributed by atoms with Crippen molar-refractivity contribution in [3.8, 4) is 0 Å². The van der Waals surface area contributed by atoms with Gasteiger partial charge in [0.15, 0.2) is 0 Å². The summed E-state index contributed by atoms with van der Waals surface area (Å²) < 4.78 is 59.3. The molecule has 0 spiro atoms. The molecule has 2 aromatic rings. The Hall–Kier alpha value is -1.64. The van der Waals surface area contributed by atoms with Crippen LogP contribution in [-0.4, -0.2) is 28.3 Å². The molecule has 1 heterocycles. The van der Waals surface area contributed by atoms with Crippen molar-refractivity contribution in [3.63, 3.8) is 0 Å². The molecule has 17 heavy (non-hydrogen) atoms. The lowest BCUT2D eigenvalue weighted by Crippen LogP contribution is -2.30. The maximum absolute atomic E-state index is 12.3. The highest BCUT2D eigenvalue weighted by molar-refractivity contribution is 7.90. The number of fused-ring (bicyclic) bond motifs is 1. The Morgan fingerprint density at radius 3 is 2.53 bits per heavy atom. The Labute approximate surface area is 93.9 Å². The highest BCUT2D eigenvalue weighted by atomic mass is 32.2. The lowest BCUT2D eigenvalue weighted by molar-refractivity contribution is -0.0448. The number of hydrogen-bond donors (Lipinski definition) is 0. The van der Waals surface area contributed by atoms with E-state index in [2.05, 4.69) is 10.3 Å². The monoisotopic (exact) mass is 265 g/mol. The van der Waals surface area contributed by atoms with Gasteiger partial charge in [-0.25, -0.2) is 0 Å². The first kappa shape index (κ1) is 11.8. The van der Waals surface area contributed by atoms with Gasteiger partial charge in [-0.1, -0.05) is 17.3 Å². The lowest BCUT2D eigenvalue weighted by atomic mass is 10.2. The molecule has 0 atom stereocenters. The third kappa shape index (κ3) is 1.66. The molecule has 1 aromatic heterocycles. The Morgan fingerprint density at radius 1 is 1.29 bits per heavy atom. The van der Waals surface area contributed by atoms with Crippen LogP contribution in [0.2, 0.25) is 0 Å². The van der Waals surface area contributed by atoms with Crippen molar-refractivity contribution < 1.29 is 21.6 Å². The van der Waals surface area contributed by atoms with E-state index in [0.717, 1.165) is 0 Å². The van der Waals surface area contributed by atoms with E-state index in [4.69, 9.17) is 0 Å². The van der Waals surface area contributed by atoms with Gasteiger partial charge < -0.3 is 0 Å². The zero-order valence-electron chi connectivity index (χ0n) is 8.43. The van der Waals surface area contributed by atoms with Gasteiger partial charge in [0.05, 0.1) is 0 Å². The Morgan fingerprint density at radius 2 is 1.94 bits per heavy atom. The van der Waals surface area contributed by atoms with Crippen LogP contribution in [-0.2, 0) is 10.0 Å². The van der Waals surface area contributed by atoms with Gasteiger partial charge in [-0.05, 0) is 18.6 Å². The smallest absolute Gasteiger partial charge is 0.195 e. The summed E-state index contributed by atoms with van der Waals surface area (Å²) in [6, 6.07) is 4.25. The van der Waals surface area contributed by atoms with Crippen LogP contribution in [0.25, 0.3) is 11.0 Å². The molecule has 0 bridgehead atoms. The third-order valence-corrected chi connectivity index (χ3v) is 3.48. The topological polar surface area (TPSA) is 64.8 Å². The van der Waals surface area contributed by atoms with E-state index in [1.807, 2.05) is 0 Å². The van der Waals surface area contributed by atoms with Crippen molar-refractivity contribution >= 4 is 21.1 Å². The van der Waals surface area contributed by atoms with Gasteiger partial charge in [0.1, 0.15) is 11.0 Å². The maximum Gasteiger partial charge on any atom is 0.518 e. The summed E-state index contributed by atoms with van der Waals surface area (Å²) in [4.78, 5) is 0. The zero-order valence-corrected chi connectivity index (χ0v) is 9.25. The second-order valence-electron chi connectivity index (χ2n) is 3.33. The van der Waals surface area contributed by atoms with Crippen LogP contribution in [0.4, 0.5) is 13.2 Å². The molecule has 92 valence electrons. The molecule has 0 aliphatic rings. The number of rotatable bonds is 1. The molecular weight excluding hydrogens is 259 g/mol. The van der Waals surface area contributed by atoms with Crippen LogP contribution < -0.4 is 0 Å². The fraction of sp³-hybridized carbons (Fsp3) is 0.250. The predicted octanol–water partition coefficient (Wildman–Crippen LogP) is 1.44. The zero-order chi connectivity index (χ0) is 12.8. The molecule has 0 radical (unpaired) electrons. The highest BCUT2D eigenvalue weighted by Crippen LogP contribution is 2.27. The van der Waals surface area contributed by atoms with E-state index in [1.165, 1.54) is 12.1 Å². The van der Waals surface area contributed by atoms with E-state index in [-0.39, 0.29) is 15.1 Å². The van der Waals surface area contributed by atoms with Gasteiger partial charge in [-0.3, -0.25) is 0 Å². The van der Waals surface area contributed by atoms with Crippen molar-refractivity contribution in [2.45, 2.75) is 12.4 Å². The van der Waals surface area contributed by atoms with Gasteiger partial charge >= 0.3 is 15.5 Å². The van der Waals surface area contributed by atoms with Crippen molar-refractivity contribution in [3.05, 3.63) is 23.8 Å². The van der Waals surface area contributed by atoms with Gasteiger partial charge in [0.25, 0.3) is 0 Å². The van der Waals surface area contributed by atoms with Crippen LogP contribution in [0.5, 0.6) is 0 Å². The third-order valence-electron chi connectivity index (χ3n) is 2.17. The molecule has 5 nitrogen and oxygen atoms in total. The van der Waals surface area contributed by atoms with Gasteiger partial charge in [0, 0.05) is 0 Å². The minimum absolute atomic E-state index is 0.102. The summed E-state index contributed by atoms with van der Waals surface area (Å²) in [6.45, 7) is 1.60. The minimum atomic E-state index is -5.53. The molecule has 0 saturated carbocycles. The first-order chi connectivity index (χ1) is 7.75. The molecule has 0 saturated heterocycles. The normalized spacial score (nSPS) is 13.2. The number of nitrogens with zero attached hydrogens (tertiary/aromatic N) is 3. The Bertz CT molecular complexity index is 675. The fourth-order valence-corrected chi connectivity index (χ4v) is 2.07. The summed E-state index contributed by atoms with van der Waals surface area (Å²) in [5.41, 5.74) is -4.93. The molecule has 0 amide bonds. The second kappa shape index (κ2) is 3.42. The molecule has 0 fully saturated rings. The van der Waals surface area contributed by atoms with Crippen molar-refractivity contribution in [1.82, 2.24) is 14.4 Å². The first-order valence-electron chi connectivity index (χ1n) is 4.38. The van der Waals surface area contributed by atoms with Crippen LogP contribution >= 0.6 is 0 Å². The average Bonchev–Trinajstić information content (AvgIpc) is 2.61. The largest absolute Gasteiger partial charge is 0.518 e. The second-order valence-corrected chi connectivity index (χ2v) is 5.08. The van der Waals surface area contributed by atoms with Gasteiger partial charge in [-0.15, -0.1) is 9.19 Å². The number of hydrogen-bond acceptors (Lipinski definition) is 4. The minimum Gasteiger partial charge on any atom is -0.195 e. The molecule has 0 N–H and O–H groups in total. The van der Waals surface area contributed by atoms with E-state index < -0.39 is 15.5 Å². The Kier molecular flexibility index (Phi) is 2.38. The van der Waals surface area contributed by atoms with E-state index in [9.17, 15) is 21.6 Å². The predicted molar refractivity (Wildman–Crippen MR) is 52.6 cm³/mol. The van der Waals surface area contributed by atoms with E-state index in [0.29, 0.717) is 5.56 Å².